The minimum Gasteiger partial charge on any atom is -0.342 e. The van der Waals surface area contributed by atoms with E-state index >= 15 is 0 Å². The lowest BCUT2D eigenvalue weighted by atomic mass is 10.1. The average molecular weight is 267 g/mol. The third-order valence-corrected chi connectivity index (χ3v) is 3.77. The quantitative estimate of drug-likeness (QED) is 0.736. The second kappa shape index (κ2) is 4.34. The van der Waals surface area contributed by atoms with Crippen LogP contribution in [0.4, 0.5) is 17.1 Å². The highest BCUT2D eigenvalue weighted by atomic mass is 16.2. The number of benzene rings is 1. The van der Waals surface area contributed by atoms with Crippen molar-refractivity contribution >= 4 is 23.0 Å². The summed E-state index contributed by atoms with van der Waals surface area (Å²) in [6.45, 7) is 3.99. The van der Waals surface area contributed by atoms with Crippen molar-refractivity contribution < 1.29 is 4.79 Å². The summed E-state index contributed by atoms with van der Waals surface area (Å²) in [6.07, 6.45) is 1.76. The first kappa shape index (κ1) is 12.7. The Bertz CT molecular complexity index is 709. The van der Waals surface area contributed by atoms with E-state index in [4.69, 9.17) is 0 Å². The van der Waals surface area contributed by atoms with Gasteiger partial charge in [-0.2, -0.15) is 0 Å². The van der Waals surface area contributed by atoms with Gasteiger partial charge in [0, 0.05) is 19.8 Å². The zero-order valence-corrected chi connectivity index (χ0v) is 12.1. The van der Waals surface area contributed by atoms with E-state index in [9.17, 15) is 4.79 Å². The van der Waals surface area contributed by atoms with Gasteiger partial charge >= 0.3 is 0 Å². The summed E-state index contributed by atoms with van der Waals surface area (Å²) >= 11 is 0. The molecule has 2 aromatic rings. The van der Waals surface area contributed by atoms with Crippen LogP contribution in [0.15, 0.2) is 30.5 Å². The summed E-state index contributed by atoms with van der Waals surface area (Å²) < 4.78 is 0. The Kier molecular flexibility index (Phi) is 2.74. The zero-order chi connectivity index (χ0) is 14.4. The fraction of sp³-hybridized carbons (Fsp3) is 0.250. The monoisotopic (exact) mass is 267 g/mol. The van der Waals surface area contributed by atoms with Crippen molar-refractivity contribution in [1.29, 1.82) is 0 Å². The maximum atomic E-state index is 12.6. The van der Waals surface area contributed by atoms with Gasteiger partial charge in [0.25, 0.3) is 5.91 Å². The Morgan fingerprint density at radius 1 is 0.950 bits per heavy atom. The molecule has 0 saturated carbocycles. The molecule has 3 rings (SSSR count). The van der Waals surface area contributed by atoms with Crippen LogP contribution in [0.25, 0.3) is 0 Å². The molecular formula is C16H17N3O. The van der Waals surface area contributed by atoms with Gasteiger partial charge in [0.15, 0.2) is 0 Å². The van der Waals surface area contributed by atoms with E-state index in [1.165, 1.54) is 0 Å². The van der Waals surface area contributed by atoms with E-state index in [0.717, 1.165) is 33.9 Å². The standard InChI is InChI=1S/C16H17N3O/c1-10-5-6-12-13(7-10)18(3)14-8-11(2)17-9-15(14)19(4)16(12)20/h5-9H,1-4H3. The maximum absolute atomic E-state index is 12.6. The fourth-order valence-corrected chi connectivity index (χ4v) is 2.59. The summed E-state index contributed by atoms with van der Waals surface area (Å²) in [5.74, 6) is -0.00347. The molecule has 0 spiro atoms. The van der Waals surface area contributed by atoms with Crippen LogP contribution < -0.4 is 9.80 Å². The van der Waals surface area contributed by atoms with Crippen LogP contribution in [0.2, 0.25) is 0 Å². The summed E-state index contributed by atoms with van der Waals surface area (Å²) in [7, 11) is 3.78. The van der Waals surface area contributed by atoms with E-state index in [1.807, 2.05) is 45.2 Å². The van der Waals surface area contributed by atoms with Crippen LogP contribution in [0.5, 0.6) is 0 Å². The van der Waals surface area contributed by atoms with Crippen molar-refractivity contribution in [2.24, 2.45) is 0 Å². The van der Waals surface area contributed by atoms with Crippen LogP contribution in [0.3, 0.4) is 0 Å². The second-order valence-corrected chi connectivity index (χ2v) is 5.26. The third-order valence-electron chi connectivity index (χ3n) is 3.77. The molecule has 0 radical (unpaired) electrons. The molecule has 1 aliphatic heterocycles. The van der Waals surface area contributed by atoms with Crippen LogP contribution in [-0.2, 0) is 0 Å². The fourth-order valence-electron chi connectivity index (χ4n) is 2.59. The smallest absolute Gasteiger partial charge is 0.260 e. The molecule has 2 heterocycles. The molecule has 4 nitrogen and oxygen atoms in total. The number of amides is 1. The number of carbonyl (C=O) groups excluding carboxylic acids is 1. The predicted molar refractivity (Wildman–Crippen MR) is 80.9 cm³/mol. The predicted octanol–water partition coefficient (Wildman–Crippen LogP) is 3.06. The Labute approximate surface area is 118 Å². The highest BCUT2D eigenvalue weighted by Crippen LogP contribution is 2.39. The average Bonchev–Trinajstić information content (AvgIpc) is 2.50. The molecule has 0 fully saturated rings. The first-order chi connectivity index (χ1) is 9.49. The molecule has 1 aromatic heterocycles. The van der Waals surface area contributed by atoms with E-state index in [1.54, 1.807) is 18.1 Å². The van der Waals surface area contributed by atoms with Gasteiger partial charge in [0.2, 0.25) is 0 Å². The number of carbonyl (C=O) groups is 1. The molecule has 0 saturated heterocycles. The van der Waals surface area contributed by atoms with Gasteiger partial charge in [-0.1, -0.05) is 6.07 Å². The van der Waals surface area contributed by atoms with Gasteiger partial charge in [-0.05, 0) is 37.6 Å². The van der Waals surface area contributed by atoms with Crippen LogP contribution in [0, 0.1) is 13.8 Å². The number of anilines is 3. The van der Waals surface area contributed by atoms with Gasteiger partial charge in [-0.3, -0.25) is 9.78 Å². The molecule has 1 aliphatic rings. The van der Waals surface area contributed by atoms with Crippen LogP contribution in [0.1, 0.15) is 21.6 Å². The topological polar surface area (TPSA) is 36.4 Å². The van der Waals surface area contributed by atoms with Crippen molar-refractivity contribution in [2.45, 2.75) is 13.8 Å². The van der Waals surface area contributed by atoms with Crippen molar-refractivity contribution in [3.63, 3.8) is 0 Å². The van der Waals surface area contributed by atoms with Crippen molar-refractivity contribution in [3.8, 4) is 0 Å². The lowest BCUT2D eigenvalue weighted by Gasteiger charge is -2.22. The highest BCUT2D eigenvalue weighted by Gasteiger charge is 2.27. The molecule has 4 heteroatoms. The van der Waals surface area contributed by atoms with E-state index in [-0.39, 0.29) is 5.91 Å². The molecule has 0 N–H and O–H groups in total. The SMILES string of the molecule is Cc1ccc2c(c1)N(C)c1cc(C)ncc1N(C)C2=O. The van der Waals surface area contributed by atoms with Gasteiger partial charge < -0.3 is 9.80 Å². The van der Waals surface area contributed by atoms with Gasteiger partial charge in [-0.25, -0.2) is 0 Å². The summed E-state index contributed by atoms with van der Waals surface area (Å²) in [4.78, 5) is 20.7. The Hall–Kier alpha value is -2.36. The zero-order valence-electron chi connectivity index (χ0n) is 12.1. The van der Waals surface area contributed by atoms with Crippen LogP contribution >= 0.6 is 0 Å². The number of rotatable bonds is 0. The van der Waals surface area contributed by atoms with Crippen molar-refractivity contribution in [2.75, 3.05) is 23.9 Å². The molecule has 1 amide bonds. The second-order valence-electron chi connectivity index (χ2n) is 5.26. The van der Waals surface area contributed by atoms with E-state index in [0.29, 0.717) is 0 Å². The van der Waals surface area contributed by atoms with Crippen molar-refractivity contribution in [3.05, 3.63) is 47.3 Å². The number of pyridine rings is 1. The molecule has 1 aromatic carbocycles. The molecule has 102 valence electrons. The van der Waals surface area contributed by atoms with Gasteiger partial charge in [0.1, 0.15) is 0 Å². The number of aryl methyl sites for hydroxylation is 2. The number of fused-ring (bicyclic) bond motifs is 2. The molecule has 0 aliphatic carbocycles. The van der Waals surface area contributed by atoms with E-state index < -0.39 is 0 Å². The van der Waals surface area contributed by atoms with Crippen molar-refractivity contribution in [1.82, 2.24) is 4.98 Å². The number of nitrogens with zero attached hydrogens (tertiary/aromatic N) is 3. The van der Waals surface area contributed by atoms with Crippen LogP contribution in [-0.4, -0.2) is 25.0 Å². The highest BCUT2D eigenvalue weighted by molar-refractivity contribution is 6.13. The number of aromatic nitrogens is 1. The number of hydrogen-bond donors (Lipinski definition) is 0. The lowest BCUT2D eigenvalue weighted by molar-refractivity contribution is 0.0994. The number of hydrogen-bond acceptors (Lipinski definition) is 3. The Morgan fingerprint density at radius 2 is 1.70 bits per heavy atom. The normalized spacial score (nSPS) is 13.9. The molecular weight excluding hydrogens is 250 g/mol. The third kappa shape index (κ3) is 1.76. The van der Waals surface area contributed by atoms with E-state index in [2.05, 4.69) is 9.88 Å². The van der Waals surface area contributed by atoms with Gasteiger partial charge in [0.05, 0.1) is 28.8 Å². The Morgan fingerprint density at radius 3 is 2.45 bits per heavy atom. The molecule has 0 bridgehead atoms. The minimum absolute atomic E-state index is 0.00347. The first-order valence-corrected chi connectivity index (χ1v) is 6.58. The molecule has 20 heavy (non-hydrogen) atoms. The summed E-state index contributed by atoms with van der Waals surface area (Å²) in [6, 6.07) is 7.92. The molecule has 0 unspecified atom stereocenters. The lowest BCUT2D eigenvalue weighted by Crippen LogP contribution is -2.25. The Balaban J connectivity index is 2.32. The molecule has 0 atom stereocenters. The largest absolute Gasteiger partial charge is 0.342 e. The first-order valence-electron chi connectivity index (χ1n) is 6.58. The van der Waals surface area contributed by atoms with Gasteiger partial charge in [-0.15, -0.1) is 0 Å². The summed E-state index contributed by atoms with van der Waals surface area (Å²) in [5, 5.41) is 0. The maximum Gasteiger partial charge on any atom is 0.260 e. The summed E-state index contributed by atoms with van der Waals surface area (Å²) in [5.41, 5.74) is 5.56. The minimum atomic E-state index is -0.00347.